The minimum absolute atomic E-state index is 0.0287. The maximum Gasteiger partial charge on any atom is 0.238 e. The summed E-state index contributed by atoms with van der Waals surface area (Å²) in [6, 6.07) is 7.77. The molecule has 2 heterocycles. The SMILES string of the molecule is Cc1nc(-c2cccc(NC(=O)CN3CCC(C(=O)N(C)C)CC3)c2)cs1. The molecule has 0 aliphatic carbocycles. The summed E-state index contributed by atoms with van der Waals surface area (Å²) in [5.41, 5.74) is 2.71. The van der Waals surface area contributed by atoms with E-state index < -0.39 is 0 Å². The van der Waals surface area contributed by atoms with Crippen LogP contribution in [0.3, 0.4) is 0 Å². The number of aromatic nitrogens is 1. The van der Waals surface area contributed by atoms with Crippen LogP contribution in [-0.2, 0) is 9.59 Å². The average molecular weight is 387 g/mol. The molecule has 1 aromatic carbocycles. The van der Waals surface area contributed by atoms with Crippen LogP contribution in [0.15, 0.2) is 29.6 Å². The number of piperidine rings is 1. The summed E-state index contributed by atoms with van der Waals surface area (Å²) in [6.45, 7) is 3.88. The lowest BCUT2D eigenvalue weighted by Gasteiger charge is -2.31. The number of benzene rings is 1. The summed E-state index contributed by atoms with van der Waals surface area (Å²) in [5.74, 6) is 0.241. The first-order chi connectivity index (χ1) is 12.9. The first-order valence-electron chi connectivity index (χ1n) is 9.18. The molecule has 6 nitrogen and oxygen atoms in total. The van der Waals surface area contributed by atoms with Crippen LogP contribution in [0.25, 0.3) is 11.3 Å². The Bertz CT molecular complexity index is 810. The highest BCUT2D eigenvalue weighted by molar-refractivity contribution is 7.09. The summed E-state index contributed by atoms with van der Waals surface area (Å²) in [5, 5.41) is 6.03. The van der Waals surface area contributed by atoms with Gasteiger partial charge in [-0.2, -0.15) is 0 Å². The first kappa shape index (κ1) is 19.5. The summed E-state index contributed by atoms with van der Waals surface area (Å²) in [6.07, 6.45) is 1.62. The van der Waals surface area contributed by atoms with Gasteiger partial charge in [-0.1, -0.05) is 12.1 Å². The Labute approximate surface area is 164 Å². The van der Waals surface area contributed by atoms with Gasteiger partial charge in [-0.25, -0.2) is 4.98 Å². The van der Waals surface area contributed by atoms with E-state index in [9.17, 15) is 9.59 Å². The monoisotopic (exact) mass is 386 g/mol. The molecule has 7 heteroatoms. The lowest BCUT2D eigenvalue weighted by molar-refractivity contribution is -0.134. The van der Waals surface area contributed by atoms with Crippen LogP contribution in [0, 0.1) is 12.8 Å². The van der Waals surface area contributed by atoms with Crippen LogP contribution >= 0.6 is 11.3 Å². The highest BCUT2D eigenvalue weighted by Crippen LogP contribution is 2.24. The highest BCUT2D eigenvalue weighted by atomic mass is 32.1. The quantitative estimate of drug-likeness (QED) is 0.858. The lowest BCUT2D eigenvalue weighted by Crippen LogP contribution is -2.43. The molecule has 1 aromatic heterocycles. The van der Waals surface area contributed by atoms with Crippen molar-refractivity contribution in [1.82, 2.24) is 14.8 Å². The van der Waals surface area contributed by atoms with Gasteiger partial charge in [-0.15, -0.1) is 11.3 Å². The molecule has 1 N–H and O–H groups in total. The predicted octanol–water partition coefficient (Wildman–Crippen LogP) is 2.86. The van der Waals surface area contributed by atoms with Gasteiger partial charge >= 0.3 is 0 Å². The second-order valence-corrected chi connectivity index (χ2v) is 8.23. The van der Waals surface area contributed by atoms with Crippen molar-refractivity contribution in [2.75, 3.05) is 39.0 Å². The zero-order chi connectivity index (χ0) is 19.4. The van der Waals surface area contributed by atoms with Crippen LogP contribution in [0.5, 0.6) is 0 Å². The summed E-state index contributed by atoms with van der Waals surface area (Å²) in [4.78, 5) is 32.7. The Hall–Kier alpha value is -2.25. The van der Waals surface area contributed by atoms with E-state index in [1.807, 2.05) is 36.6 Å². The Morgan fingerprint density at radius 1 is 1.30 bits per heavy atom. The van der Waals surface area contributed by atoms with Gasteiger partial charge in [0.15, 0.2) is 0 Å². The summed E-state index contributed by atoms with van der Waals surface area (Å²) in [7, 11) is 3.59. The molecule has 2 aromatic rings. The molecule has 1 saturated heterocycles. The summed E-state index contributed by atoms with van der Waals surface area (Å²) >= 11 is 1.61. The molecule has 0 spiro atoms. The molecule has 27 heavy (non-hydrogen) atoms. The van der Waals surface area contributed by atoms with E-state index in [1.165, 1.54) is 0 Å². The molecule has 0 bridgehead atoms. The molecule has 3 rings (SSSR count). The fourth-order valence-electron chi connectivity index (χ4n) is 3.36. The minimum atomic E-state index is -0.0287. The lowest BCUT2D eigenvalue weighted by atomic mass is 9.95. The number of hydrogen-bond acceptors (Lipinski definition) is 5. The third-order valence-electron chi connectivity index (χ3n) is 4.81. The van der Waals surface area contributed by atoms with E-state index in [2.05, 4.69) is 15.2 Å². The third-order valence-corrected chi connectivity index (χ3v) is 5.58. The van der Waals surface area contributed by atoms with Crippen molar-refractivity contribution < 1.29 is 9.59 Å². The number of rotatable bonds is 5. The fourth-order valence-corrected chi connectivity index (χ4v) is 3.98. The van der Waals surface area contributed by atoms with Gasteiger partial charge in [-0.05, 0) is 45.0 Å². The molecular weight excluding hydrogens is 360 g/mol. The number of anilines is 1. The molecular formula is C20H26N4O2S. The minimum Gasteiger partial charge on any atom is -0.349 e. The van der Waals surface area contributed by atoms with Crippen molar-refractivity contribution >= 4 is 28.8 Å². The Balaban J connectivity index is 1.52. The number of likely N-dealkylation sites (tertiary alicyclic amines) is 1. The zero-order valence-corrected chi connectivity index (χ0v) is 16.9. The number of amides is 2. The Kier molecular flexibility index (Phi) is 6.23. The maximum atomic E-state index is 12.4. The van der Waals surface area contributed by atoms with Gasteiger partial charge in [0, 0.05) is 36.6 Å². The molecule has 1 aliphatic heterocycles. The largest absolute Gasteiger partial charge is 0.349 e. The van der Waals surface area contributed by atoms with E-state index in [0.717, 1.165) is 47.9 Å². The van der Waals surface area contributed by atoms with Crippen LogP contribution < -0.4 is 5.32 Å². The number of aryl methyl sites for hydroxylation is 1. The van der Waals surface area contributed by atoms with Crippen LogP contribution in [0.1, 0.15) is 17.8 Å². The molecule has 1 aliphatic rings. The highest BCUT2D eigenvalue weighted by Gasteiger charge is 2.26. The molecule has 1 fully saturated rings. The zero-order valence-electron chi connectivity index (χ0n) is 16.1. The standard InChI is InChI=1S/C20H26N4O2S/c1-14-21-18(13-27-14)16-5-4-6-17(11-16)22-19(25)12-24-9-7-15(8-10-24)20(26)23(2)3/h4-6,11,13,15H,7-10,12H2,1-3H3,(H,22,25). The van der Waals surface area contributed by atoms with E-state index in [4.69, 9.17) is 0 Å². The van der Waals surface area contributed by atoms with Crippen molar-refractivity contribution in [3.63, 3.8) is 0 Å². The van der Waals surface area contributed by atoms with Gasteiger partial charge < -0.3 is 10.2 Å². The normalized spacial score (nSPS) is 15.5. The predicted molar refractivity (Wildman–Crippen MR) is 109 cm³/mol. The van der Waals surface area contributed by atoms with Crippen LogP contribution in [-0.4, -0.2) is 60.3 Å². The van der Waals surface area contributed by atoms with Crippen LogP contribution in [0.4, 0.5) is 5.69 Å². The number of nitrogens with zero attached hydrogens (tertiary/aromatic N) is 3. The van der Waals surface area contributed by atoms with Gasteiger partial charge in [0.25, 0.3) is 0 Å². The van der Waals surface area contributed by atoms with Crippen molar-refractivity contribution in [2.45, 2.75) is 19.8 Å². The molecule has 0 radical (unpaired) electrons. The smallest absolute Gasteiger partial charge is 0.238 e. The van der Waals surface area contributed by atoms with Crippen molar-refractivity contribution in [3.05, 3.63) is 34.7 Å². The topological polar surface area (TPSA) is 65.5 Å². The molecule has 0 atom stereocenters. The van der Waals surface area contributed by atoms with Gasteiger partial charge in [0.2, 0.25) is 11.8 Å². The second-order valence-electron chi connectivity index (χ2n) is 7.16. The van der Waals surface area contributed by atoms with E-state index >= 15 is 0 Å². The number of thiazole rings is 1. The molecule has 0 saturated carbocycles. The van der Waals surface area contributed by atoms with E-state index in [1.54, 1.807) is 30.3 Å². The van der Waals surface area contributed by atoms with Crippen LogP contribution in [0.2, 0.25) is 0 Å². The molecule has 144 valence electrons. The third kappa shape index (κ3) is 5.14. The number of nitrogens with one attached hydrogen (secondary N) is 1. The van der Waals surface area contributed by atoms with Gasteiger partial charge in [0.1, 0.15) is 0 Å². The average Bonchev–Trinajstić information content (AvgIpc) is 3.08. The number of carbonyl (C=O) groups excluding carboxylic acids is 2. The Morgan fingerprint density at radius 3 is 2.67 bits per heavy atom. The number of hydrogen-bond donors (Lipinski definition) is 1. The maximum absolute atomic E-state index is 12.4. The van der Waals surface area contributed by atoms with E-state index in [0.29, 0.717) is 6.54 Å². The number of carbonyl (C=O) groups is 2. The van der Waals surface area contributed by atoms with Gasteiger partial charge in [0.05, 0.1) is 17.2 Å². The fraction of sp³-hybridized carbons (Fsp3) is 0.450. The van der Waals surface area contributed by atoms with E-state index in [-0.39, 0.29) is 17.7 Å². The molecule has 0 unspecified atom stereocenters. The summed E-state index contributed by atoms with van der Waals surface area (Å²) < 4.78 is 0. The second kappa shape index (κ2) is 8.63. The van der Waals surface area contributed by atoms with Crippen molar-refractivity contribution in [3.8, 4) is 11.3 Å². The van der Waals surface area contributed by atoms with Crippen molar-refractivity contribution in [2.24, 2.45) is 5.92 Å². The van der Waals surface area contributed by atoms with Crippen molar-refractivity contribution in [1.29, 1.82) is 0 Å². The first-order valence-corrected chi connectivity index (χ1v) is 10.1. The van der Waals surface area contributed by atoms with Gasteiger partial charge in [-0.3, -0.25) is 14.5 Å². The Morgan fingerprint density at radius 2 is 2.04 bits per heavy atom. The molecule has 2 amide bonds.